The molecule has 0 N–H and O–H groups in total. The molecule has 0 aliphatic rings. The van der Waals surface area contributed by atoms with Crippen LogP contribution in [0, 0.1) is 5.41 Å². The molecule has 0 unspecified atom stereocenters. The van der Waals surface area contributed by atoms with Gasteiger partial charge in [-0.2, -0.15) is 0 Å². The van der Waals surface area contributed by atoms with Crippen molar-refractivity contribution in [3.05, 3.63) is 0 Å². The van der Waals surface area contributed by atoms with Crippen LogP contribution in [0.5, 0.6) is 0 Å². The van der Waals surface area contributed by atoms with Crippen molar-refractivity contribution in [1.29, 1.82) is 0 Å². The highest BCUT2D eigenvalue weighted by Gasteiger charge is 2.27. The van der Waals surface area contributed by atoms with Gasteiger partial charge in [-0.15, -0.1) is 0 Å². The van der Waals surface area contributed by atoms with Crippen molar-refractivity contribution in [2.45, 2.75) is 33.6 Å². The molecule has 0 rings (SSSR count). The van der Waals surface area contributed by atoms with Crippen molar-refractivity contribution in [2.24, 2.45) is 5.41 Å². The molecule has 0 bridgehead atoms. The minimum Gasteiger partial charge on any atom is -0.384 e. The lowest BCUT2D eigenvalue weighted by Crippen LogP contribution is -2.24. The van der Waals surface area contributed by atoms with Gasteiger partial charge in [-0.25, -0.2) is 0 Å². The third-order valence-corrected chi connectivity index (χ3v) is 3.48. The van der Waals surface area contributed by atoms with E-state index < -0.39 is 0 Å². The van der Waals surface area contributed by atoms with Crippen molar-refractivity contribution in [3.8, 4) is 0 Å². The number of carbonyl (C=O) groups is 1. The predicted octanol–water partition coefficient (Wildman–Crippen LogP) is 2.74. The van der Waals surface area contributed by atoms with Crippen LogP contribution in [0.4, 0.5) is 0 Å². The molecule has 0 radical (unpaired) electrons. The smallest absolute Gasteiger partial charge is 0.194 e. The summed E-state index contributed by atoms with van der Waals surface area (Å²) in [6, 6.07) is 0. The van der Waals surface area contributed by atoms with Crippen LogP contribution in [-0.4, -0.2) is 37.8 Å². The third kappa shape index (κ3) is 7.25. The van der Waals surface area contributed by atoms with Gasteiger partial charge in [0, 0.05) is 31.5 Å². The van der Waals surface area contributed by atoms with Gasteiger partial charge in [0.1, 0.15) is 0 Å². The molecule has 0 saturated heterocycles. The van der Waals surface area contributed by atoms with Gasteiger partial charge in [-0.1, -0.05) is 32.5 Å². The van der Waals surface area contributed by atoms with Crippen LogP contribution in [-0.2, 0) is 14.3 Å². The normalized spacial score (nSPS) is 11.8. The van der Waals surface area contributed by atoms with Crippen LogP contribution < -0.4 is 0 Å². The zero-order valence-corrected chi connectivity index (χ0v) is 11.7. The van der Waals surface area contributed by atoms with E-state index >= 15 is 0 Å². The first-order chi connectivity index (χ1) is 7.54. The zero-order chi connectivity index (χ0) is 12.4. The van der Waals surface area contributed by atoms with Crippen molar-refractivity contribution in [3.63, 3.8) is 0 Å². The first-order valence-electron chi connectivity index (χ1n) is 5.78. The van der Waals surface area contributed by atoms with Crippen LogP contribution in [0.2, 0.25) is 0 Å². The Labute approximate surface area is 103 Å². The summed E-state index contributed by atoms with van der Waals surface area (Å²) in [5.41, 5.74) is -0.299. The molecule has 0 atom stereocenters. The van der Waals surface area contributed by atoms with E-state index in [9.17, 15) is 4.79 Å². The monoisotopic (exact) mass is 248 g/mol. The highest BCUT2D eigenvalue weighted by atomic mass is 32.2. The number of ether oxygens (including phenoxy) is 2. The van der Waals surface area contributed by atoms with Crippen LogP contribution in [0.25, 0.3) is 0 Å². The molecule has 0 aliphatic carbocycles. The SMILES string of the molecule is CCCOCCC(C)(C)C(=O)SCCOC. The van der Waals surface area contributed by atoms with Crippen LogP contribution in [0.15, 0.2) is 0 Å². The molecular weight excluding hydrogens is 224 g/mol. The molecule has 4 heteroatoms. The molecular formula is C12H24O3S. The lowest BCUT2D eigenvalue weighted by Gasteiger charge is -2.22. The van der Waals surface area contributed by atoms with Gasteiger partial charge in [0.2, 0.25) is 0 Å². The Kier molecular flexibility index (Phi) is 8.99. The van der Waals surface area contributed by atoms with Gasteiger partial charge in [-0.05, 0) is 12.8 Å². The first-order valence-corrected chi connectivity index (χ1v) is 6.77. The van der Waals surface area contributed by atoms with Crippen LogP contribution >= 0.6 is 11.8 Å². The minimum atomic E-state index is -0.299. The van der Waals surface area contributed by atoms with Gasteiger partial charge in [-0.3, -0.25) is 4.79 Å². The second-order valence-corrected chi connectivity index (χ2v) is 5.44. The predicted molar refractivity (Wildman–Crippen MR) is 68.8 cm³/mol. The number of thioether (sulfide) groups is 1. The second kappa shape index (κ2) is 9.02. The largest absolute Gasteiger partial charge is 0.384 e. The molecule has 16 heavy (non-hydrogen) atoms. The van der Waals surface area contributed by atoms with Gasteiger partial charge in [0.15, 0.2) is 5.12 Å². The molecule has 0 amide bonds. The van der Waals surface area contributed by atoms with E-state index in [4.69, 9.17) is 9.47 Å². The number of rotatable bonds is 9. The molecule has 0 aromatic heterocycles. The van der Waals surface area contributed by atoms with E-state index in [2.05, 4.69) is 6.92 Å². The first kappa shape index (κ1) is 15.9. The zero-order valence-electron chi connectivity index (χ0n) is 10.9. The quantitative estimate of drug-likeness (QED) is 0.588. The summed E-state index contributed by atoms with van der Waals surface area (Å²) in [6.07, 6.45) is 1.81. The maximum atomic E-state index is 11.9. The summed E-state index contributed by atoms with van der Waals surface area (Å²) in [5, 5.41) is 0.227. The molecule has 0 aromatic rings. The van der Waals surface area contributed by atoms with Crippen LogP contribution in [0.3, 0.4) is 0 Å². The van der Waals surface area contributed by atoms with Crippen molar-refractivity contribution in [1.82, 2.24) is 0 Å². The number of hydrogen-bond donors (Lipinski definition) is 0. The molecule has 0 spiro atoms. The fourth-order valence-corrected chi connectivity index (χ4v) is 2.02. The molecule has 0 fully saturated rings. The summed E-state index contributed by atoms with van der Waals surface area (Å²) < 4.78 is 10.3. The average molecular weight is 248 g/mol. The minimum absolute atomic E-state index is 0.227. The molecule has 96 valence electrons. The Hall–Kier alpha value is -0.0600. The van der Waals surface area contributed by atoms with Gasteiger partial charge < -0.3 is 9.47 Å². The Morgan fingerprint density at radius 2 is 1.94 bits per heavy atom. The van der Waals surface area contributed by atoms with Gasteiger partial charge in [0.25, 0.3) is 0 Å². The Bertz CT molecular complexity index is 193. The summed E-state index contributed by atoms with van der Waals surface area (Å²) in [6.45, 7) is 8.10. The molecule has 0 aliphatic heterocycles. The Morgan fingerprint density at radius 1 is 1.25 bits per heavy atom. The molecule has 3 nitrogen and oxygen atoms in total. The lowest BCUT2D eigenvalue weighted by molar-refractivity contribution is -0.119. The number of carbonyl (C=O) groups excluding carboxylic acids is 1. The summed E-state index contributed by atoms with van der Waals surface area (Å²) in [5.74, 6) is 0.731. The summed E-state index contributed by atoms with van der Waals surface area (Å²) in [4.78, 5) is 11.9. The van der Waals surface area contributed by atoms with E-state index in [0.29, 0.717) is 13.2 Å². The lowest BCUT2D eigenvalue weighted by atomic mass is 9.92. The average Bonchev–Trinajstić information content (AvgIpc) is 2.24. The summed E-state index contributed by atoms with van der Waals surface area (Å²) >= 11 is 1.35. The van der Waals surface area contributed by atoms with E-state index in [1.165, 1.54) is 11.8 Å². The third-order valence-electron chi connectivity index (χ3n) is 2.29. The second-order valence-electron chi connectivity index (χ2n) is 4.37. The van der Waals surface area contributed by atoms with Gasteiger partial charge >= 0.3 is 0 Å². The summed E-state index contributed by atoms with van der Waals surface area (Å²) in [7, 11) is 1.65. The van der Waals surface area contributed by atoms with E-state index in [0.717, 1.165) is 25.2 Å². The number of hydrogen-bond acceptors (Lipinski definition) is 4. The molecule has 0 heterocycles. The highest BCUT2D eigenvalue weighted by Crippen LogP contribution is 2.27. The maximum Gasteiger partial charge on any atom is 0.194 e. The highest BCUT2D eigenvalue weighted by molar-refractivity contribution is 8.13. The van der Waals surface area contributed by atoms with E-state index in [1.807, 2.05) is 13.8 Å². The van der Waals surface area contributed by atoms with Crippen molar-refractivity contribution < 1.29 is 14.3 Å². The fourth-order valence-electron chi connectivity index (χ4n) is 1.09. The molecule has 0 saturated carbocycles. The van der Waals surface area contributed by atoms with Gasteiger partial charge in [0.05, 0.1) is 6.61 Å². The Morgan fingerprint density at radius 3 is 2.50 bits per heavy atom. The van der Waals surface area contributed by atoms with E-state index in [-0.39, 0.29) is 10.5 Å². The molecule has 0 aromatic carbocycles. The topological polar surface area (TPSA) is 35.5 Å². The van der Waals surface area contributed by atoms with Crippen molar-refractivity contribution >= 4 is 16.9 Å². The Balaban J connectivity index is 3.77. The van der Waals surface area contributed by atoms with Crippen LogP contribution in [0.1, 0.15) is 33.6 Å². The maximum absolute atomic E-state index is 11.9. The standard InChI is InChI=1S/C12H24O3S/c1-5-7-15-8-6-12(2,3)11(13)16-10-9-14-4/h5-10H2,1-4H3. The fraction of sp³-hybridized carbons (Fsp3) is 0.917. The van der Waals surface area contributed by atoms with Crippen molar-refractivity contribution in [2.75, 3.05) is 32.7 Å². The number of methoxy groups -OCH3 is 1. The van der Waals surface area contributed by atoms with E-state index in [1.54, 1.807) is 7.11 Å².